The molecule has 3 rings (SSSR count). The van der Waals surface area contributed by atoms with Gasteiger partial charge >= 0.3 is 5.97 Å². The predicted octanol–water partition coefficient (Wildman–Crippen LogP) is 2.33. The molecule has 7 heteroatoms. The van der Waals surface area contributed by atoms with Gasteiger partial charge in [-0.05, 0) is 35.9 Å². The van der Waals surface area contributed by atoms with Crippen LogP contribution in [0.1, 0.15) is 20.7 Å². The van der Waals surface area contributed by atoms with E-state index in [2.05, 4.69) is 4.74 Å². The lowest BCUT2D eigenvalue weighted by Gasteiger charge is -2.27. The van der Waals surface area contributed by atoms with Crippen LogP contribution in [0.4, 0.5) is 0 Å². The number of rotatable bonds is 5. The molecule has 0 aliphatic carbocycles. The van der Waals surface area contributed by atoms with Crippen LogP contribution in [0.25, 0.3) is 11.1 Å². The van der Waals surface area contributed by atoms with E-state index in [1.807, 2.05) is 0 Å². The van der Waals surface area contributed by atoms with Gasteiger partial charge in [0, 0.05) is 24.7 Å². The fourth-order valence-corrected chi connectivity index (χ4v) is 3.06. The van der Waals surface area contributed by atoms with E-state index in [1.165, 1.54) is 13.2 Å². The van der Waals surface area contributed by atoms with Crippen molar-refractivity contribution in [2.75, 3.05) is 40.5 Å². The number of hydrogen-bond acceptors (Lipinski definition) is 6. The molecule has 1 aliphatic rings. The van der Waals surface area contributed by atoms with Crippen LogP contribution >= 0.6 is 0 Å². The molecule has 2 aromatic rings. The standard InChI is InChI=1S/C21H23NO6/c1-22(12-17-13-27-9-10-28-17)20(24)15-5-3-14(4-6-15)18-8-7-16(11-19(18)23)21(25)26-2/h3-8,11,17,23H,9-10,12-13H2,1-2H3. The molecule has 1 aliphatic heterocycles. The average molecular weight is 385 g/mol. The summed E-state index contributed by atoms with van der Waals surface area (Å²) in [4.78, 5) is 25.8. The molecule has 1 heterocycles. The highest BCUT2D eigenvalue weighted by Gasteiger charge is 2.20. The molecule has 148 valence electrons. The second kappa shape index (κ2) is 8.86. The number of amides is 1. The van der Waals surface area contributed by atoms with Gasteiger partial charge in [0.25, 0.3) is 5.91 Å². The Morgan fingerprint density at radius 2 is 1.86 bits per heavy atom. The van der Waals surface area contributed by atoms with Crippen LogP contribution in [-0.2, 0) is 14.2 Å². The number of phenols is 1. The zero-order valence-electron chi connectivity index (χ0n) is 15.9. The molecule has 0 radical (unpaired) electrons. The smallest absolute Gasteiger partial charge is 0.337 e. The Labute approximate surface area is 163 Å². The molecule has 0 saturated carbocycles. The molecule has 1 unspecified atom stereocenters. The molecule has 1 fully saturated rings. The van der Waals surface area contributed by atoms with Gasteiger partial charge in [-0.25, -0.2) is 4.79 Å². The fourth-order valence-electron chi connectivity index (χ4n) is 3.06. The second-order valence-electron chi connectivity index (χ2n) is 6.55. The normalized spacial score (nSPS) is 16.4. The van der Waals surface area contributed by atoms with Crippen LogP contribution in [0.2, 0.25) is 0 Å². The van der Waals surface area contributed by atoms with Crippen molar-refractivity contribution in [2.45, 2.75) is 6.10 Å². The Morgan fingerprint density at radius 3 is 2.46 bits per heavy atom. The lowest BCUT2D eigenvalue weighted by atomic mass is 10.0. The van der Waals surface area contributed by atoms with Crippen molar-refractivity contribution >= 4 is 11.9 Å². The SMILES string of the molecule is COC(=O)c1ccc(-c2ccc(C(=O)N(C)CC3COCCO3)cc2)c(O)c1. The van der Waals surface area contributed by atoms with Crippen molar-refractivity contribution < 1.29 is 28.9 Å². The van der Waals surface area contributed by atoms with E-state index in [0.717, 1.165) is 5.56 Å². The third-order valence-corrected chi connectivity index (χ3v) is 4.57. The molecule has 0 bridgehead atoms. The third-order valence-electron chi connectivity index (χ3n) is 4.57. The van der Waals surface area contributed by atoms with E-state index in [1.54, 1.807) is 48.3 Å². The Morgan fingerprint density at radius 1 is 1.14 bits per heavy atom. The maximum absolute atomic E-state index is 12.6. The number of hydrogen-bond donors (Lipinski definition) is 1. The third kappa shape index (κ3) is 4.49. The van der Waals surface area contributed by atoms with Gasteiger partial charge in [0.1, 0.15) is 5.75 Å². The molecular weight excluding hydrogens is 362 g/mol. The zero-order valence-corrected chi connectivity index (χ0v) is 15.9. The number of aromatic hydroxyl groups is 1. The van der Waals surface area contributed by atoms with Crippen molar-refractivity contribution in [3.05, 3.63) is 53.6 Å². The van der Waals surface area contributed by atoms with E-state index < -0.39 is 5.97 Å². The first-order valence-electron chi connectivity index (χ1n) is 8.96. The van der Waals surface area contributed by atoms with Crippen LogP contribution < -0.4 is 0 Å². The molecule has 1 N–H and O–H groups in total. The summed E-state index contributed by atoms with van der Waals surface area (Å²) in [6.45, 7) is 2.07. The quantitative estimate of drug-likeness (QED) is 0.795. The summed E-state index contributed by atoms with van der Waals surface area (Å²) < 4.78 is 15.6. The van der Waals surface area contributed by atoms with Crippen LogP contribution in [0.15, 0.2) is 42.5 Å². The lowest BCUT2D eigenvalue weighted by molar-refractivity contribution is -0.0933. The number of esters is 1. The number of methoxy groups -OCH3 is 1. The largest absolute Gasteiger partial charge is 0.507 e. The predicted molar refractivity (Wildman–Crippen MR) is 102 cm³/mol. The average Bonchev–Trinajstić information content (AvgIpc) is 2.73. The number of carbonyl (C=O) groups excluding carboxylic acids is 2. The van der Waals surface area contributed by atoms with E-state index >= 15 is 0 Å². The lowest BCUT2D eigenvalue weighted by Crippen LogP contribution is -2.40. The summed E-state index contributed by atoms with van der Waals surface area (Å²) in [5.74, 6) is -0.669. The van der Waals surface area contributed by atoms with Crippen LogP contribution in [0.5, 0.6) is 5.75 Å². The molecule has 28 heavy (non-hydrogen) atoms. The van der Waals surface area contributed by atoms with Crippen molar-refractivity contribution in [3.63, 3.8) is 0 Å². The highest BCUT2D eigenvalue weighted by Crippen LogP contribution is 2.30. The Balaban J connectivity index is 1.70. The van der Waals surface area contributed by atoms with Crippen LogP contribution in [0.3, 0.4) is 0 Å². The van der Waals surface area contributed by atoms with Gasteiger partial charge in [0.05, 0.1) is 38.6 Å². The van der Waals surface area contributed by atoms with Crippen molar-refractivity contribution in [1.82, 2.24) is 4.90 Å². The molecule has 2 aromatic carbocycles. The summed E-state index contributed by atoms with van der Waals surface area (Å²) in [6.07, 6.45) is -0.118. The molecule has 1 atom stereocenters. The van der Waals surface area contributed by atoms with Gasteiger partial charge in [-0.2, -0.15) is 0 Å². The first-order valence-corrected chi connectivity index (χ1v) is 8.96. The molecule has 0 aromatic heterocycles. The number of nitrogens with zero attached hydrogens (tertiary/aromatic N) is 1. The highest BCUT2D eigenvalue weighted by atomic mass is 16.6. The minimum atomic E-state index is -0.516. The van der Waals surface area contributed by atoms with E-state index in [0.29, 0.717) is 37.5 Å². The van der Waals surface area contributed by atoms with Gasteiger partial charge in [0.15, 0.2) is 0 Å². The monoisotopic (exact) mass is 385 g/mol. The van der Waals surface area contributed by atoms with Gasteiger partial charge in [-0.3, -0.25) is 4.79 Å². The number of ether oxygens (including phenoxy) is 3. The molecule has 7 nitrogen and oxygen atoms in total. The van der Waals surface area contributed by atoms with Crippen molar-refractivity contribution in [3.8, 4) is 16.9 Å². The van der Waals surface area contributed by atoms with Crippen LogP contribution in [0, 0.1) is 0 Å². The summed E-state index contributed by atoms with van der Waals surface area (Å²) in [6, 6.07) is 11.5. The summed E-state index contributed by atoms with van der Waals surface area (Å²) in [5, 5.41) is 10.2. The number of carbonyl (C=O) groups is 2. The van der Waals surface area contributed by atoms with E-state index in [4.69, 9.17) is 9.47 Å². The summed E-state index contributed by atoms with van der Waals surface area (Å²) in [5.41, 5.74) is 2.10. The highest BCUT2D eigenvalue weighted by molar-refractivity contribution is 5.95. The first-order chi connectivity index (χ1) is 13.5. The zero-order chi connectivity index (χ0) is 20.1. The first kappa shape index (κ1) is 19.9. The van der Waals surface area contributed by atoms with Gasteiger partial charge in [-0.1, -0.05) is 12.1 Å². The molecule has 0 spiro atoms. The minimum Gasteiger partial charge on any atom is -0.507 e. The van der Waals surface area contributed by atoms with Gasteiger partial charge in [0.2, 0.25) is 0 Å². The topological polar surface area (TPSA) is 85.3 Å². The van der Waals surface area contributed by atoms with E-state index in [9.17, 15) is 14.7 Å². The summed E-state index contributed by atoms with van der Waals surface area (Å²) >= 11 is 0. The molecule has 1 amide bonds. The summed E-state index contributed by atoms with van der Waals surface area (Å²) in [7, 11) is 3.01. The Bertz CT molecular complexity index is 842. The molecule has 1 saturated heterocycles. The number of likely N-dealkylation sites (N-methyl/N-ethyl adjacent to an activating group) is 1. The minimum absolute atomic E-state index is 0.0338. The van der Waals surface area contributed by atoms with Gasteiger partial charge in [-0.15, -0.1) is 0 Å². The second-order valence-corrected chi connectivity index (χ2v) is 6.55. The Kier molecular flexibility index (Phi) is 6.28. The van der Waals surface area contributed by atoms with Gasteiger partial charge < -0.3 is 24.2 Å². The van der Waals surface area contributed by atoms with Crippen molar-refractivity contribution in [1.29, 1.82) is 0 Å². The fraction of sp³-hybridized carbons (Fsp3) is 0.333. The van der Waals surface area contributed by atoms with Crippen molar-refractivity contribution in [2.24, 2.45) is 0 Å². The van der Waals surface area contributed by atoms with E-state index in [-0.39, 0.29) is 23.3 Å². The number of benzene rings is 2. The molecular formula is C21H23NO6. The van der Waals surface area contributed by atoms with Crippen LogP contribution in [-0.4, -0.2) is 68.5 Å². The maximum atomic E-state index is 12.6. The Hall–Kier alpha value is -2.90. The number of phenolic OH excluding ortho intramolecular Hbond substituents is 1. The maximum Gasteiger partial charge on any atom is 0.337 e.